The number of pyridine rings is 1. The average Bonchev–Trinajstić information content (AvgIpc) is 2.36. The first-order valence-corrected chi connectivity index (χ1v) is 5.36. The van der Waals surface area contributed by atoms with Gasteiger partial charge in [0.1, 0.15) is 24.7 Å². The number of nitrogens with two attached hydrogens (primary N) is 1. The van der Waals surface area contributed by atoms with Gasteiger partial charge in [0.2, 0.25) is 0 Å². The smallest absolute Gasteiger partial charge is 0.139 e. The van der Waals surface area contributed by atoms with Gasteiger partial charge in [0.25, 0.3) is 0 Å². The summed E-state index contributed by atoms with van der Waals surface area (Å²) in [7, 11) is 0. The molecule has 0 spiro atoms. The summed E-state index contributed by atoms with van der Waals surface area (Å²) in [4.78, 5) is 3.93. The van der Waals surface area contributed by atoms with E-state index in [1.807, 2.05) is 30.3 Å². The molecule has 0 atom stereocenters. The third-order valence-electron chi connectivity index (χ3n) is 2.10. The first-order valence-electron chi connectivity index (χ1n) is 5.36. The minimum absolute atomic E-state index is 0.458. The quantitative estimate of drug-likeness (QED) is 0.799. The first kappa shape index (κ1) is 11.3. The summed E-state index contributed by atoms with van der Waals surface area (Å²) in [5.41, 5.74) is 6.17. The van der Waals surface area contributed by atoms with Gasteiger partial charge in [0.05, 0.1) is 18.1 Å². The summed E-state index contributed by atoms with van der Waals surface area (Å²) in [6.07, 6.45) is 3.20. The van der Waals surface area contributed by atoms with Crippen molar-refractivity contribution < 1.29 is 9.47 Å². The van der Waals surface area contributed by atoms with E-state index in [4.69, 9.17) is 15.2 Å². The average molecular weight is 230 g/mol. The van der Waals surface area contributed by atoms with E-state index in [1.54, 1.807) is 18.5 Å². The van der Waals surface area contributed by atoms with Gasteiger partial charge < -0.3 is 15.2 Å². The summed E-state index contributed by atoms with van der Waals surface area (Å²) in [6, 6.07) is 11.3. The molecule has 2 aromatic rings. The van der Waals surface area contributed by atoms with Crippen LogP contribution in [0.1, 0.15) is 0 Å². The third-order valence-corrected chi connectivity index (χ3v) is 2.10. The van der Waals surface area contributed by atoms with Crippen molar-refractivity contribution in [3.05, 3.63) is 48.8 Å². The van der Waals surface area contributed by atoms with E-state index in [-0.39, 0.29) is 0 Å². The standard InChI is InChI=1S/C13H14N2O2/c14-11-8-13(10-15-9-11)17-7-6-16-12-4-2-1-3-5-12/h1-5,8-10H,6-7,14H2. The molecule has 2 rings (SSSR count). The third kappa shape index (κ3) is 3.68. The largest absolute Gasteiger partial charge is 0.490 e. The van der Waals surface area contributed by atoms with Gasteiger partial charge in [-0.05, 0) is 12.1 Å². The van der Waals surface area contributed by atoms with Crippen LogP contribution in [-0.2, 0) is 0 Å². The molecule has 0 radical (unpaired) electrons. The Morgan fingerprint density at radius 2 is 1.65 bits per heavy atom. The molecular weight excluding hydrogens is 216 g/mol. The SMILES string of the molecule is Nc1cncc(OCCOc2ccccc2)c1. The van der Waals surface area contributed by atoms with E-state index in [1.165, 1.54) is 0 Å². The molecule has 0 aliphatic carbocycles. The maximum Gasteiger partial charge on any atom is 0.139 e. The lowest BCUT2D eigenvalue weighted by molar-refractivity contribution is 0.217. The molecule has 88 valence electrons. The zero-order chi connectivity index (χ0) is 11.9. The summed E-state index contributed by atoms with van der Waals surface area (Å²) in [6.45, 7) is 0.943. The monoisotopic (exact) mass is 230 g/mol. The van der Waals surface area contributed by atoms with Crippen LogP contribution in [0.2, 0.25) is 0 Å². The zero-order valence-electron chi connectivity index (χ0n) is 9.37. The number of nitrogens with zero attached hydrogens (tertiary/aromatic N) is 1. The van der Waals surface area contributed by atoms with Crippen LogP contribution < -0.4 is 15.2 Å². The van der Waals surface area contributed by atoms with E-state index in [0.717, 1.165) is 5.75 Å². The molecule has 0 saturated heterocycles. The second kappa shape index (κ2) is 5.75. The maximum absolute atomic E-state index is 5.58. The van der Waals surface area contributed by atoms with E-state index >= 15 is 0 Å². The number of rotatable bonds is 5. The van der Waals surface area contributed by atoms with E-state index in [9.17, 15) is 0 Å². The van der Waals surface area contributed by atoms with Crippen molar-refractivity contribution in [3.8, 4) is 11.5 Å². The molecule has 17 heavy (non-hydrogen) atoms. The highest BCUT2D eigenvalue weighted by Crippen LogP contribution is 2.12. The van der Waals surface area contributed by atoms with E-state index in [0.29, 0.717) is 24.7 Å². The first-order chi connectivity index (χ1) is 8.34. The fraction of sp³-hybridized carbons (Fsp3) is 0.154. The summed E-state index contributed by atoms with van der Waals surface area (Å²) < 4.78 is 10.9. The predicted molar refractivity (Wildman–Crippen MR) is 66.1 cm³/mol. The predicted octanol–water partition coefficient (Wildman–Crippen LogP) is 2.12. The summed E-state index contributed by atoms with van der Waals surface area (Å²) in [5, 5.41) is 0. The van der Waals surface area contributed by atoms with Gasteiger partial charge in [-0.1, -0.05) is 18.2 Å². The number of hydrogen-bond acceptors (Lipinski definition) is 4. The second-order valence-corrected chi connectivity index (χ2v) is 3.46. The Labute approximate surface area is 100 Å². The highest BCUT2D eigenvalue weighted by Gasteiger charge is 1.96. The Bertz CT molecular complexity index is 460. The molecule has 1 heterocycles. The lowest BCUT2D eigenvalue weighted by atomic mass is 10.3. The number of anilines is 1. The van der Waals surface area contributed by atoms with Crippen LogP contribution in [0.25, 0.3) is 0 Å². The van der Waals surface area contributed by atoms with Crippen LogP contribution in [0.5, 0.6) is 11.5 Å². The Balaban J connectivity index is 1.73. The normalized spacial score (nSPS) is 9.88. The van der Waals surface area contributed by atoms with Crippen LogP contribution in [0.15, 0.2) is 48.8 Å². The molecule has 1 aromatic heterocycles. The molecule has 2 N–H and O–H groups in total. The van der Waals surface area contributed by atoms with Crippen molar-refractivity contribution in [3.63, 3.8) is 0 Å². The van der Waals surface area contributed by atoms with Gasteiger partial charge in [-0.25, -0.2) is 0 Å². The zero-order valence-corrected chi connectivity index (χ0v) is 9.37. The van der Waals surface area contributed by atoms with Crippen molar-refractivity contribution in [1.82, 2.24) is 4.98 Å². The van der Waals surface area contributed by atoms with E-state index in [2.05, 4.69) is 4.98 Å². The highest BCUT2D eigenvalue weighted by molar-refractivity contribution is 5.39. The molecule has 4 heteroatoms. The molecule has 0 fully saturated rings. The van der Waals surface area contributed by atoms with Crippen molar-refractivity contribution in [2.75, 3.05) is 18.9 Å². The molecule has 0 aliphatic heterocycles. The van der Waals surface area contributed by atoms with Gasteiger partial charge >= 0.3 is 0 Å². The van der Waals surface area contributed by atoms with Gasteiger partial charge in [0.15, 0.2) is 0 Å². The number of aromatic nitrogens is 1. The van der Waals surface area contributed by atoms with Crippen LogP contribution in [0.4, 0.5) is 5.69 Å². The van der Waals surface area contributed by atoms with Crippen molar-refractivity contribution >= 4 is 5.69 Å². The fourth-order valence-corrected chi connectivity index (χ4v) is 1.35. The number of para-hydroxylation sites is 1. The van der Waals surface area contributed by atoms with Crippen LogP contribution in [-0.4, -0.2) is 18.2 Å². The van der Waals surface area contributed by atoms with Crippen LogP contribution in [0, 0.1) is 0 Å². The minimum atomic E-state index is 0.458. The van der Waals surface area contributed by atoms with Gasteiger partial charge in [-0.2, -0.15) is 0 Å². The Kier molecular flexibility index (Phi) is 3.81. The molecule has 0 aliphatic rings. The lowest BCUT2D eigenvalue weighted by Gasteiger charge is -2.08. The Morgan fingerprint density at radius 3 is 2.35 bits per heavy atom. The molecule has 0 saturated carbocycles. The Hall–Kier alpha value is -2.23. The van der Waals surface area contributed by atoms with Gasteiger partial charge in [-0.3, -0.25) is 4.98 Å². The molecule has 0 amide bonds. The van der Waals surface area contributed by atoms with Crippen LogP contribution >= 0.6 is 0 Å². The minimum Gasteiger partial charge on any atom is -0.490 e. The van der Waals surface area contributed by atoms with Crippen molar-refractivity contribution in [2.45, 2.75) is 0 Å². The topological polar surface area (TPSA) is 57.4 Å². The second-order valence-electron chi connectivity index (χ2n) is 3.46. The highest BCUT2D eigenvalue weighted by atomic mass is 16.5. The van der Waals surface area contributed by atoms with Gasteiger partial charge in [0, 0.05) is 6.07 Å². The van der Waals surface area contributed by atoms with Gasteiger partial charge in [-0.15, -0.1) is 0 Å². The molecule has 0 bridgehead atoms. The number of benzene rings is 1. The van der Waals surface area contributed by atoms with Crippen molar-refractivity contribution in [1.29, 1.82) is 0 Å². The number of ether oxygens (including phenoxy) is 2. The van der Waals surface area contributed by atoms with Crippen LogP contribution in [0.3, 0.4) is 0 Å². The number of nitrogen functional groups attached to an aromatic ring is 1. The summed E-state index contributed by atoms with van der Waals surface area (Å²) in [5.74, 6) is 1.49. The maximum atomic E-state index is 5.58. The lowest BCUT2D eigenvalue weighted by Crippen LogP contribution is -2.09. The number of hydrogen-bond donors (Lipinski definition) is 1. The molecule has 1 aromatic carbocycles. The molecule has 4 nitrogen and oxygen atoms in total. The fourth-order valence-electron chi connectivity index (χ4n) is 1.35. The van der Waals surface area contributed by atoms with E-state index < -0.39 is 0 Å². The molecule has 0 unspecified atom stereocenters. The summed E-state index contributed by atoms with van der Waals surface area (Å²) >= 11 is 0. The molecular formula is C13H14N2O2. The van der Waals surface area contributed by atoms with Crippen molar-refractivity contribution in [2.24, 2.45) is 0 Å². The Morgan fingerprint density at radius 1 is 0.941 bits per heavy atom.